The lowest BCUT2D eigenvalue weighted by Gasteiger charge is -2.08. The summed E-state index contributed by atoms with van der Waals surface area (Å²) in [6.45, 7) is 1.89. The Morgan fingerprint density at radius 1 is 1.33 bits per heavy atom. The van der Waals surface area contributed by atoms with Crippen LogP contribution < -0.4 is 0 Å². The van der Waals surface area contributed by atoms with Gasteiger partial charge in [0.25, 0.3) is 0 Å². The molecule has 0 bridgehead atoms. The molecule has 76 valence electrons. The highest BCUT2D eigenvalue weighted by Gasteiger charge is 2.08. The first-order valence-corrected chi connectivity index (χ1v) is 4.92. The summed E-state index contributed by atoms with van der Waals surface area (Å²) >= 11 is 0. The van der Waals surface area contributed by atoms with Gasteiger partial charge in [0.2, 0.25) is 0 Å². The van der Waals surface area contributed by atoms with Gasteiger partial charge in [0.15, 0.2) is 0 Å². The molecule has 1 N–H and O–H groups in total. The van der Waals surface area contributed by atoms with Gasteiger partial charge in [0.05, 0.1) is 0 Å². The lowest BCUT2D eigenvalue weighted by molar-refractivity contribution is 0.174. The predicted octanol–water partition coefficient (Wildman–Crippen LogP) is 2.06. The van der Waals surface area contributed by atoms with Gasteiger partial charge in [0.1, 0.15) is 6.10 Å². The summed E-state index contributed by atoms with van der Waals surface area (Å²) in [5, 5.41) is 9.32. The molecule has 15 heavy (non-hydrogen) atoms. The molecular formula is C14H14O. The van der Waals surface area contributed by atoms with Crippen molar-refractivity contribution in [2.75, 3.05) is 0 Å². The van der Waals surface area contributed by atoms with Crippen LogP contribution in [0, 0.1) is 30.1 Å². The van der Waals surface area contributed by atoms with Crippen molar-refractivity contribution < 1.29 is 5.11 Å². The number of aliphatic hydroxyl groups excluding tert-OH is 1. The van der Waals surface area contributed by atoms with Crippen molar-refractivity contribution in [1.82, 2.24) is 0 Å². The van der Waals surface area contributed by atoms with Crippen LogP contribution in [0.3, 0.4) is 0 Å². The number of rotatable bonds is 2. The van der Waals surface area contributed by atoms with Crippen LogP contribution in [0.5, 0.6) is 0 Å². The van der Waals surface area contributed by atoms with E-state index in [1.165, 1.54) is 0 Å². The maximum absolute atomic E-state index is 9.32. The highest BCUT2D eigenvalue weighted by atomic mass is 16.3. The van der Waals surface area contributed by atoms with E-state index in [-0.39, 0.29) is 5.92 Å². The van der Waals surface area contributed by atoms with E-state index in [9.17, 15) is 5.11 Å². The van der Waals surface area contributed by atoms with E-state index in [1.807, 2.05) is 37.3 Å². The Hall–Kier alpha value is -1.70. The molecule has 0 aliphatic heterocycles. The fourth-order valence-electron chi connectivity index (χ4n) is 1.11. The standard InChI is InChI=1S/C14H14O/c1-3-14(15)12(2)8-7-11-13-9-5-4-6-10-13/h1,4-6,9-10,12,14-15H,8H2,2H3. The van der Waals surface area contributed by atoms with Gasteiger partial charge in [-0.15, -0.1) is 6.42 Å². The van der Waals surface area contributed by atoms with Crippen LogP contribution in [0.4, 0.5) is 0 Å². The Bertz CT molecular complexity index is 389. The molecule has 1 aromatic carbocycles. The first-order valence-electron chi connectivity index (χ1n) is 4.92. The first kappa shape index (κ1) is 11.4. The molecule has 1 heteroatoms. The van der Waals surface area contributed by atoms with Crippen molar-refractivity contribution in [3.05, 3.63) is 35.9 Å². The topological polar surface area (TPSA) is 20.2 Å². The van der Waals surface area contributed by atoms with Gasteiger partial charge in [0, 0.05) is 17.9 Å². The van der Waals surface area contributed by atoms with Crippen LogP contribution in [0.25, 0.3) is 0 Å². The van der Waals surface area contributed by atoms with E-state index in [0.717, 1.165) is 5.56 Å². The fraction of sp³-hybridized carbons (Fsp3) is 0.286. The molecular weight excluding hydrogens is 184 g/mol. The summed E-state index contributed by atoms with van der Waals surface area (Å²) < 4.78 is 0. The van der Waals surface area contributed by atoms with Crippen molar-refractivity contribution in [3.8, 4) is 24.2 Å². The van der Waals surface area contributed by atoms with Gasteiger partial charge in [-0.2, -0.15) is 0 Å². The molecule has 2 atom stereocenters. The summed E-state index contributed by atoms with van der Waals surface area (Å²) in [5.41, 5.74) is 0.986. The smallest absolute Gasteiger partial charge is 0.117 e. The summed E-state index contributed by atoms with van der Waals surface area (Å²) in [6, 6.07) is 9.76. The highest BCUT2D eigenvalue weighted by molar-refractivity contribution is 5.33. The second kappa shape index (κ2) is 5.91. The summed E-state index contributed by atoms with van der Waals surface area (Å²) in [5.74, 6) is 8.36. The molecule has 0 aliphatic carbocycles. The molecule has 0 saturated carbocycles. The third kappa shape index (κ3) is 3.90. The maximum atomic E-state index is 9.32. The van der Waals surface area contributed by atoms with E-state index in [1.54, 1.807) is 0 Å². The Kier molecular flexibility index (Phi) is 4.48. The van der Waals surface area contributed by atoms with E-state index < -0.39 is 6.10 Å². The summed E-state index contributed by atoms with van der Waals surface area (Å²) in [7, 11) is 0. The highest BCUT2D eigenvalue weighted by Crippen LogP contribution is 2.06. The molecule has 1 aromatic rings. The zero-order valence-corrected chi connectivity index (χ0v) is 8.77. The quantitative estimate of drug-likeness (QED) is 0.721. The minimum Gasteiger partial charge on any atom is -0.380 e. The van der Waals surface area contributed by atoms with Gasteiger partial charge in [-0.1, -0.05) is 42.9 Å². The minimum atomic E-state index is -0.699. The van der Waals surface area contributed by atoms with E-state index in [2.05, 4.69) is 17.8 Å². The molecule has 0 radical (unpaired) electrons. The predicted molar refractivity (Wildman–Crippen MR) is 61.9 cm³/mol. The second-order valence-corrected chi connectivity index (χ2v) is 3.46. The molecule has 0 saturated heterocycles. The van der Waals surface area contributed by atoms with Crippen molar-refractivity contribution in [2.45, 2.75) is 19.4 Å². The molecule has 2 unspecified atom stereocenters. The Labute approximate surface area is 91.1 Å². The molecule has 0 aromatic heterocycles. The molecule has 1 nitrogen and oxygen atoms in total. The lowest BCUT2D eigenvalue weighted by Crippen LogP contribution is -2.14. The molecule has 1 rings (SSSR count). The van der Waals surface area contributed by atoms with Gasteiger partial charge in [-0.3, -0.25) is 0 Å². The lowest BCUT2D eigenvalue weighted by atomic mass is 10.0. The third-order valence-electron chi connectivity index (χ3n) is 2.14. The minimum absolute atomic E-state index is 0.0196. The average Bonchev–Trinajstić information content (AvgIpc) is 2.29. The van der Waals surface area contributed by atoms with Crippen LogP contribution in [0.15, 0.2) is 30.3 Å². The molecule has 0 aliphatic rings. The SMILES string of the molecule is C#CC(O)C(C)CC#Cc1ccccc1. The summed E-state index contributed by atoms with van der Waals surface area (Å²) in [4.78, 5) is 0. The van der Waals surface area contributed by atoms with Crippen LogP contribution in [-0.4, -0.2) is 11.2 Å². The molecule has 0 amide bonds. The van der Waals surface area contributed by atoms with Gasteiger partial charge in [-0.05, 0) is 12.1 Å². The van der Waals surface area contributed by atoms with E-state index in [4.69, 9.17) is 6.42 Å². The largest absolute Gasteiger partial charge is 0.380 e. The number of hydrogen-bond acceptors (Lipinski definition) is 1. The van der Waals surface area contributed by atoms with Gasteiger partial charge >= 0.3 is 0 Å². The fourth-order valence-corrected chi connectivity index (χ4v) is 1.11. The Morgan fingerprint density at radius 3 is 2.60 bits per heavy atom. The zero-order chi connectivity index (χ0) is 11.1. The number of aliphatic hydroxyl groups is 1. The Balaban J connectivity index is 2.51. The third-order valence-corrected chi connectivity index (χ3v) is 2.14. The van der Waals surface area contributed by atoms with Crippen molar-refractivity contribution >= 4 is 0 Å². The van der Waals surface area contributed by atoms with Crippen LogP contribution in [0.1, 0.15) is 18.9 Å². The molecule has 0 heterocycles. The molecule has 0 fully saturated rings. The monoisotopic (exact) mass is 198 g/mol. The average molecular weight is 198 g/mol. The van der Waals surface area contributed by atoms with Crippen LogP contribution in [-0.2, 0) is 0 Å². The second-order valence-electron chi connectivity index (χ2n) is 3.46. The first-order chi connectivity index (χ1) is 7.24. The van der Waals surface area contributed by atoms with Crippen molar-refractivity contribution in [2.24, 2.45) is 5.92 Å². The van der Waals surface area contributed by atoms with Crippen LogP contribution >= 0.6 is 0 Å². The Morgan fingerprint density at radius 2 is 2.00 bits per heavy atom. The number of terminal acetylenes is 1. The van der Waals surface area contributed by atoms with E-state index in [0.29, 0.717) is 6.42 Å². The summed E-state index contributed by atoms with van der Waals surface area (Å²) in [6.07, 6.45) is 5.02. The van der Waals surface area contributed by atoms with E-state index >= 15 is 0 Å². The number of benzene rings is 1. The van der Waals surface area contributed by atoms with Crippen LogP contribution in [0.2, 0.25) is 0 Å². The number of hydrogen-bond donors (Lipinski definition) is 1. The zero-order valence-electron chi connectivity index (χ0n) is 8.77. The van der Waals surface area contributed by atoms with Gasteiger partial charge < -0.3 is 5.11 Å². The van der Waals surface area contributed by atoms with Crippen molar-refractivity contribution in [3.63, 3.8) is 0 Å². The molecule has 0 spiro atoms. The maximum Gasteiger partial charge on any atom is 0.117 e. The van der Waals surface area contributed by atoms with Crippen molar-refractivity contribution in [1.29, 1.82) is 0 Å². The normalized spacial score (nSPS) is 13.1. The van der Waals surface area contributed by atoms with Gasteiger partial charge in [-0.25, -0.2) is 0 Å².